The van der Waals surface area contributed by atoms with E-state index in [0.29, 0.717) is 27.3 Å². The summed E-state index contributed by atoms with van der Waals surface area (Å²) in [6, 6.07) is 4.56. The molecule has 0 atom stereocenters. The number of rotatable bonds is 7. The fourth-order valence-electron chi connectivity index (χ4n) is 2.15. The molecule has 0 saturated carbocycles. The lowest BCUT2D eigenvalue weighted by atomic mass is 10.3. The molecule has 1 N–H and O–H groups in total. The van der Waals surface area contributed by atoms with Gasteiger partial charge < -0.3 is 15.0 Å². The Kier molecular flexibility index (Phi) is 7.68. The van der Waals surface area contributed by atoms with Crippen LogP contribution in [-0.4, -0.2) is 35.0 Å². The van der Waals surface area contributed by atoms with Crippen molar-refractivity contribution in [2.24, 2.45) is 0 Å². The van der Waals surface area contributed by atoms with Crippen molar-refractivity contribution in [2.75, 3.05) is 18.5 Å². The van der Waals surface area contributed by atoms with Gasteiger partial charge in [-0.2, -0.15) is 0 Å². The van der Waals surface area contributed by atoms with E-state index < -0.39 is 5.97 Å². The molecule has 26 heavy (non-hydrogen) atoms. The molecule has 0 aliphatic carbocycles. The lowest BCUT2D eigenvalue weighted by molar-refractivity contribution is 0.0520. The Morgan fingerprint density at radius 1 is 1.31 bits per heavy atom. The number of ether oxygens (including phenoxy) is 1. The molecular formula is C17H19Cl2N3O3S. The first-order valence-electron chi connectivity index (χ1n) is 8.07. The molecule has 9 heteroatoms. The number of hydrogen-bond donors (Lipinski definition) is 1. The van der Waals surface area contributed by atoms with E-state index in [4.69, 9.17) is 27.9 Å². The summed E-state index contributed by atoms with van der Waals surface area (Å²) < 4.78 is 4.93. The summed E-state index contributed by atoms with van der Waals surface area (Å²) in [5, 5.41) is 5.91. The van der Waals surface area contributed by atoms with Gasteiger partial charge in [-0.15, -0.1) is 11.3 Å². The van der Waals surface area contributed by atoms with Crippen molar-refractivity contribution >= 4 is 52.2 Å². The minimum absolute atomic E-state index is 0.254. The van der Waals surface area contributed by atoms with Crippen LogP contribution in [-0.2, 0) is 11.3 Å². The minimum atomic E-state index is -0.463. The van der Waals surface area contributed by atoms with E-state index in [9.17, 15) is 9.59 Å². The van der Waals surface area contributed by atoms with Crippen LogP contribution in [0, 0.1) is 0 Å². The van der Waals surface area contributed by atoms with Crippen molar-refractivity contribution < 1.29 is 14.3 Å². The van der Waals surface area contributed by atoms with Gasteiger partial charge >= 0.3 is 12.0 Å². The summed E-state index contributed by atoms with van der Waals surface area (Å²) in [4.78, 5) is 30.2. The molecule has 0 spiro atoms. The highest BCUT2D eigenvalue weighted by molar-refractivity contribution is 7.09. The number of amides is 2. The standard InChI is InChI=1S/C17H19Cl2N3O3S/c1-3-7-22(9-15-20-14(10-26-15)16(23)25-4-2)17(24)21-13-6-5-11(18)8-12(13)19/h5-6,8,10H,3-4,7,9H2,1-2H3,(H,21,24). The Balaban J connectivity index is 2.07. The van der Waals surface area contributed by atoms with E-state index in [1.165, 1.54) is 11.3 Å². The maximum Gasteiger partial charge on any atom is 0.357 e. The van der Waals surface area contributed by atoms with Gasteiger partial charge in [-0.25, -0.2) is 14.6 Å². The van der Waals surface area contributed by atoms with Crippen molar-refractivity contribution in [1.29, 1.82) is 0 Å². The lowest BCUT2D eigenvalue weighted by Gasteiger charge is -2.22. The van der Waals surface area contributed by atoms with E-state index in [1.54, 1.807) is 35.4 Å². The second-order valence-electron chi connectivity index (χ2n) is 5.32. The number of nitrogens with one attached hydrogen (secondary N) is 1. The van der Waals surface area contributed by atoms with Gasteiger partial charge in [0.1, 0.15) is 5.01 Å². The van der Waals surface area contributed by atoms with E-state index in [-0.39, 0.29) is 24.9 Å². The second kappa shape index (κ2) is 9.75. The van der Waals surface area contributed by atoms with Crippen molar-refractivity contribution in [3.05, 3.63) is 44.3 Å². The number of hydrogen-bond acceptors (Lipinski definition) is 5. The molecular weight excluding hydrogens is 397 g/mol. The molecule has 0 bridgehead atoms. The normalized spacial score (nSPS) is 10.5. The number of carbonyl (C=O) groups is 2. The quantitative estimate of drug-likeness (QED) is 0.640. The number of anilines is 1. The number of benzene rings is 1. The number of nitrogens with zero attached hydrogens (tertiary/aromatic N) is 2. The zero-order valence-corrected chi connectivity index (χ0v) is 16.7. The van der Waals surface area contributed by atoms with Crippen LogP contribution >= 0.6 is 34.5 Å². The highest BCUT2D eigenvalue weighted by atomic mass is 35.5. The molecule has 2 amide bonds. The van der Waals surface area contributed by atoms with E-state index >= 15 is 0 Å². The molecule has 0 radical (unpaired) electrons. The molecule has 6 nitrogen and oxygen atoms in total. The summed E-state index contributed by atoms with van der Waals surface area (Å²) in [6.07, 6.45) is 0.776. The van der Waals surface area contributed by atoms with Crippen molar-refractivity contribution in [3.63, 3.8) is 0 Å². The van der Waals surface area contributed by atoms with Crippen LogP contribution in [0.15, 0.2) is 23.6 Å². The second-order valence-corrected chi connectivity index (χ2v) is 7.11. The zero-order chi connectivity index (χ0) is 19.1. The molecule has 0 fully saturated rings. The minimum Gasteiger partial charge on any atom is -0.461 e. The zero-order valence-electron chi connectivity index (χ0n) is 14.4. The molecule has 1 aromatic heterocycles. The summed E-state index contributed by atoms with van der Waals surface area (Å²) in [5.41, 5.74) is 0.734. The molecule has 140 valence electrons. The Bertz CT molecular complexity index is 782. The van der Waals surface area contributed by atoms with Crippen molar-refractivity contribution in [3.8, 4) is 0 Å². The third-order valence-electron chi connectivity index (χ3n) is 3.32. The van der Waals surface area contributed by atoms with Gasteiger partial charge in [0, 0.05) is 16.9 Å². The molecule has 1 heterocycles. The third-order valence-corrected chi connectivity index (χ3v) is 4.70. The van der Waals surface area contributed by atoms with Crippen LogP contribution in [0.3, 0.4) is 0 Å². The van der Waals surface area contributed by atoms with Gasteiger partial charge in [0.05, 0.1) is 23.9 Å². The number of carbonyl (C=O) groups excluding carboxylic acids is 2. The topological polar surface area (TPSA) is 71.5 Å². The van der Waals surface area contributed by atoms with Crippen molar-refractivity contribution in [2.45, 2.75) is 26.8 Å². The summed E-state index contributed by atoms with van der Waals surface area (Å²) >= 11 is 13.3. The Labute approximate surface area is 166 Å². The molecule has 0 saturated heterocycles. The largest absolute Gasteiger partial charge is 0.461 e. The van der Waals surface area contributed by atoms with Crippen LogP contribution in [0.2, 0.25) is 10.0 Å². The van der Waals surface area contributed by atoms with Gasteiger partial charge in [0.15, 0.2) is 5.69 Å². The Morgan fingerprint density at radius 2 is 2.08 bits per heavy atom. The number of thiazole rings is 1. The predicted octanol–water partition coefficient (Wildman–Crippen LogP) is 5.07. The van der Waals surface area contributed by atoms with Crippen molar-refractivity contribution in [1.82, 2.24) is 9.88 Å². The van der Waals surface area contributed by atoms with Crippen LogP contribution in [0.25, 0.3) is 0 Å². The maximum absolute atomic E-state index is 12.6. The summed E-state index contributed by atoms with van der Waals surface area (Å²) in [6.45, 7) is 4.82. The highest BCUT2D eigenvalue weighted by Crippen LogP contribution is 2.26. The monoisotopic (exact) mass is 415 g/mol. The Hall–Kier alpha value is -1.83. The fraction of sp³-hybridized carbons (Fsp3) is 0.353. The SMILES string of the molecule is CCCN(Cc1nc(C(=O)OCC)cs1)C(=O)Nc1ccc(Cl)cc1Cl. The predicted molar refractivity (Wildman–Crippen MR) is 104 cm³/mol. The van der Waals surface area contributed by atoms with Crippen LogP contribution in [0.1, 0.15) is 35.8 Å². The third kappa shape index (κ3) is 5.59. The number of urea groups is 1. The van der Waals surface area contributed by atoms with Crippen LogP contribution < -0.4 is 5.32 Å². The lowest BCUT2D eigenvalue weighted by Crippen LogP contribution is -2.35. The van der Waals surface area contributed by atoms with Gasteiger partial charge in [-0.1, -0.05) is 30.1 Å². The number of esters is 1. The van der Waals surface area contributed by atoms with E-state index in [0.717, 1.165) is 6.42 Å². The first-order chi connectivity index (χ1) is 12.4. The Morgan fingerprint density at radius 3 is 2.73 bits per heavy atom. The van der Waals surface area contributed by atoms with Gasteiger partial charge in [-0.3, -0.25) is 0 Å². The fourth-order valence-corrected chi connectivity index (χ4v) is 3.39. The van der Waals surface area contributed by atoms with Crippen LogP contribution in [0.4, 0.5) is 10.5 Å². The van der Waals surface area contributed by atoms with Gasteiger partial charge in [0.25, 0.3) is 0 Å². The van der Waals surface area contributed by atoms with Gasteiger partial charge in [0.2, 0.25) is 0 Å². The summed E-state index contributed by atoms with van der Waals surface area (Å²) in [7, 11) is 0. The number of aromatic nitrogens is 1. The average Bonchev–Trinajstić information content (AvgIpc) is 3.06. The average molecular weight is 416 g/mol. The molecule has 0 aliphatic rings. The van der Waals surface area contributed by atoms with E-state index in [1.807, 2.05) is 6.92 Å². The van der Waals surface area contributed by atoms with Gasteiger partial charge in [-0.05, 0) is 31.5 Å². The number of halogens is 2. The first-order valence-corrected chi connectivity index (χ1v) is 9.70. The van der Waals surface area contributed by atoms with E-state index in [2.05, 4.69) is 10.3 Å². The molecule has 0 aliphatic heterocycles. The first kappa shape index (κ1) is 20.5. The maximum atomic E-state index is 12.6. The smallest absolute Gasteiger partial charge is 0.357 e. The molecule has 2 rings (SSSR count). The molecule has 0 unspecified atom stereocenters. The highest BCUT2D eigenvalue weighted by Gasteiger charge is 2.18. The summed E-state index contributed by atoms with van der Waals surface area (Å²) in [5.74, 6) is -0.463. The molecule has 1 aromatic carbocycles. The van der Waals surface area contributed by atoms with Crippen LogP contribution in [0.5, 0.6) is 0 Å². The molecule has 2 aromatic rings.